The summed E-state index contributed by atoms with van der Waals surface area (Å²) in [5.74, 6) is -0.509. The molecule has 4 aliphatic carbocycles. The van der Waals surface area contributed by atoms with Crippen molar-refractivity contribution < 1.29 is 30.3 Å². The minimum Gasteiger partial charge on any atom is -0.390 e. The van der Waals surface area contributed by atoms with Gasteiger partial charge < -0.3 is 25.5 Å². The second kappa shape index (κ2) is 7.86. The molecule has 6 heteroatoms. The molecule has 0 aromatic rings. The lowest BCUT2D eigenvalue weighted by Gasteiger charge is -2.60. The van der Waals surface area contributed by atoms with E-state index in [1.807, 2.05) is 13.8 Å². The molecule has 0 aromatic heterocycles. The van der Waals surface area contributed by atoms with Crippen LogP contribution < -0.4 is 0 Å². The summed E-state index contributed by atoms with van der Waals surface area (Å²) in [5, 5.41) is 54.5. The summed E-state index contributed by atoms with van der Waals surface area (Å²) in [6.07, 6.45) is 5.14. The topological polar surface area (TPSA) is 118 Å². The van der Waals surface area contributed by atoms with E-state index in [-0.39, 0.29) is 30.0 Å². The zero-order valence-electron chi connectivity index (χ0n) is 21.0. The van der Waals surface area contributed by atoms with Crippen LogP contribution in [0.1, 0.15) is 92.4 Å². The fraction of sp³-hybridized carbons (Fsp3) is 0.889. The fourth-order valence-electron chi connectivity index (χ4n) is 8.42. The Balaban J connectivity index is 1.64. The average Bonchev–Trinajstić information content (AvgIpc) is 2.95. The molecule has 4 rings (SSSR count). The maximum atomic E-state index is 13.2. The number of aliphatic hydroxyl groups is 5. The molecule has 6 nitrogen and oxygen atoms in total. The van der Waals surface area contributed by atoms with Gasteiger partial charge in [0.25, 0.3) is 0 Å². The first kappa shape index (κ1) is 25.3. The summed E-state index contributed by atoms with van der Waals surface area (Å²) in [6.45, 7) is 9.54. The van der Waals surface area contributed by atoms with Crippen molar-refractivity contribution in [2.45, 2.75) is 121 Å². The normalized spacial score (nSPS) is 47.3. The maximum Gasteiger partial charge on any atom is 0.159 e. The number of ketones is 1. The van der Waals surface area contributed by atoms with Crippen molar-refractivity contribution >= 4 is 5.78 Å². The summed E-state index contributed by atoms with van der Waals surface area (Å²) in [6, 6.07) is 0. The smallest absolute Gasteiger partial charge is 0.159 e. The molecular formula is C27H44O6. The first-order valence-corrected chi connectivity index (χ1v) is 12.8. The van der Waals surface area contributed by atoms with Crippen LogP contribution in [0.5, 0.6) is 0 Å². The van der Waals surface area contributed by atoms with E-state index < -0.39 is 39.8 Å². The number of rotatable bonds is 5. The molecule has 0 bridgehead atoms. The lowest BCUT2D eigenvalue weighted by atomic mass is 9.45. The molecule has 0 radical (unpaired) electrons. The first-order chi connectivity index (χ1) is 15.1. The van der Waals surface area contributed by atoms with Gasteiger partial charge in [-0.1, -0.05) is 13.8 Å². The van der Waals surface area contributed by atoms with E-state index in [0.717, 1.165) is 18.4 Å². The number of carbonyl (C=O) groups is 1. The molecule has 9 atom stereocenters. The number of hydrogen-bond acceptors (Lipinski definition) is 6. The van der Waals surface area contributed by atoms with Gasteiger partial charge in [-0.25, -0.2) is 0 Å². The van der Waals surface area contributed by atoms with Crippen LogP contribution in [0.4, 0.5) is 0 Å². The van der Waals surface area contributed by atoms with Gasteiger partial charge in [0.2, 0.25) is 0 Å². The van der Waals surface area contributed by atoms with Gasteiger partial charge in [-0.3, -0.25) is 4.79 Å². The Morgan fingerprint density at radius 3 is 2.30 bits per heavy atom. The Morgan fingerprint density at radius 1 is 1.00 bits per heavy atom. The fourth-order valence-corrected chi connectivity index (χ4v) is 8.42. The number of allylic oxidation sites excluding steroid dienone is 1. The van der Waals surface area contributed by atoms with E-state index >= 15 is 0 Å². The quantitative estimate of drug-likeness (QED) is 0.427. The van der Waals surface area contributed by atoms with Crippen LogP contribution in [-0.2, 0) is 4.79 Å². The highest BCUT2D eigenvalue weighted by Gasteiger charge is 2.68. The molecule has 0 amide bonds. The summed E-state index contributed by atoms with van der Waals surface area (Å²) in [7, 11) is 0. The largest absolute Gasteiger partial charge is 0.390 e. The van der Waals surface area contributed by atoms with Gasteiger partial charge in [-0.05, 0) is 107 Å². The minimum absolute atomic E-state index is 0.0145. The molecule has 3 saturated carbocycles. The van der Waals surface area contributed by atoms with Crippen molar-refractivity contribution in [2.75, 3.05) is 0 Å². The Hall–Kier alpha value is -0.790. The van der Waals surface area contributed by atoms with E-state index in [9.17, 15) is 30.3 Å². The molecule has 0 aliphatic heterocycles. The van der Waals surface area contributed by atoms with Crippen LogP contribution in [0, 0.1) is 28.6 Å². The Morgan fingerprint density at radius 2 is 1.67 bits per heavy atom. The molecular weight excluding hydrogens is 420 g/mol. The molecule has 33 heavy (non-hydrogen) atoms. The lowest BCUT2D eigenvalue weighted by molar-refractivity contribution is -0.160. The zero-order valence-corrected chi connectivity index (χ0v) is 21.0. The van der Waals surface area contributed by atoms with E-state index in [4.69, 9.17) is 0 Å². The Bertz CT molecular complexity index is 827. The second-order valence-corrected chi connectivity index (χ2v) is 13.1. The van der Waals surface area contributed by atoms with Gasteiger partial charge in [0.05, 0.1) is 29.0 Å². The minimum atomic E-state index is -1.16. The van der Waals surface area contributed by atoms with Crippen LogP contribution in [0.3, 0.4) is 0 Å². The number of aliphatic hydroxyl groups excluding tert-OH is 2. The first-order valence-electron chi connectivity index (χ1n) is 12.8. The highest BCUT2D eigenvalue weighted by atomic mass is 16.3. The third kappa shape index (κ3) is 3.85. The van der Waals surface area contributed by atoms with Gasteiger partial charge in [-0.15, -0.1) is 0 Å². The van der Waals surface area contributed by atoms with Crippen molar-refractivity contribution in [2.24, 2.45) is 28.6 Å². The number of hydrogen-bond donors (Lipinski definition) is 5. The van der Waals surface area contributed by atoms with Crippen molar-refractivity contribution in [3.63, 3.8) is 0 Å². The molecule has 0 aromatic carbocycles. The summed E-state index contributed by atoms with van der Waals surface area (Å²) in [5.41, 5.74) is -3.15. The zero-order chi connectivity index (χ0) is 24.6. The third-order valence-corrected chi connectivity index (χ3v) is 10.3. The number of carbonyl (C=O) groups excluding carboxylic acids is 1. The van der Waals surface area contributed by atoms with Gasteiger partial charge in [0, 0.05) is 11.3 Å². The summed E-state index contributed by atoms with van der Waals surface area (Å²) < 4.78 is 0. The molecule has 0 spiro atoms. The van der Waals surface area contributed by atoms with Crippen LogP contribution >= 0.6 is 0 Å². The van der Waals surface area contributed by atoms with Gasteiger partial charge in [0.1, 0.15) is 0 Å². The second-order valence-electron chi connectivity index (χ2n) is 13.1. The SMILES string of the molecule is CC(C)(O)CCC[C@@](C)(O)[C@H]1CC[C@@]2(O)C3=CC(=O)[C@@H]4C[C@@H](O)[C@@H](O)C[C@]4(C)[C@H]3CC[C@]12C. The summed E-state index contributed by atoms with van der Waals surface area (Å²) in [4.78, 5) is 13.2. The molecule has 5 N–H and O–H groups in total. The van der Waals surface area contributed by atoms with Crippen molar-refractivity contribution in [3.8, 4) is 0 Å². The van der Waals surface area contributed by atoms with Crippen molar-refractivity contribution in [1.82, 2.24) is 0 Å². The molecule has 188 valence electrons. The standard InChI is InChI=1S/C27H44O6/c1-23(2,31)9-6-10-26(5,32)22-8-12-27(33)17-13-19(28)18-14-20(29)21(30)15-24(18,3)16(17)7-11-25(22,27)4/h13,16,18,20-22,29-33H,6-12,14-15H2,1-5H3/t16-,18-,20+,21-,22-,24+,25+,26+,27+/m0/s1. The third-order valence-electron chi connectivity index (χ3n) is 10.3. The van der Waals surface area contributed by atoms with Crippen LogP contribution in [0.15, 0.2) is 11.6 Å². The van der Waals surface area contributed by atoms with E-state index in [0.29, 0.717) is 38.5 Å². The van der Waals surface area contributed by atoms with Crippen LogP contribution in [0.25, 0.3) is 0 Å². The average molecular weight is 465 g/mol. The van der Waals surface area contributed by atoms with Crippen LogP contribution in [0.2, 0.25) is 0 Å². The summed E-state index contributed by atoms with van der Waals surface area (Å²) >= 11 is 0. The number of fused-ring (bicyclic) bond motifs is 5. The van der Waals surface area contributed by atoms with E-state index in [1.54, 1.807) is 19.9 Å². The highest BCUT2D eigenvalue weighted by Crippen LogP contribution is 2.68. The van der Waals surface area contributed by atoms with Crippen LogP contribution in [-0.4, -0.2) is 60.3 Å². The van der Waals surface area contributed by atoms with E-state index in [1.165, 1.54) is 0 Å². The highest BCUT2D eigenvalue weighted by molar-refractivity contribution is 5.95. The van der Waals surface area contributed by atoms with Gasteiger partial charge in [-0.2, -0.15) is 0 Å². The van der Waals surface area contributed by atoms with Gasteiger partial charge in [0.15, 0.2) is 5.78 Å². The predicted molar refractivity (Wildman–Crippen MR) is 125 cm³/mol. The monoisotopic (exact) mass is 464 g/mol. The Kier molecular flexibility index (Phi) is 6.03. The van der Waals surface area contributed by atoms with Gasteiger partial charge >= 0.3 is 0 Å². The molecule has 0 heterocycles. The van der Waals surface area contributed by atoms with E-state index in [2.05, 4.69) is 6.92 Å². The molecule has 4 aliphatic rings. The molecule has 3 fully saturated rings. The Labute approximate surface area is 198 Å². The maximum absolute atomic E-state index is 13.2. The molecule has 0 unspecified atom stereocenters. The van der Waals surface area contributed by atoms with Crippen molar-refractivity contribution in [3.05, 3.63) is 11.6 Å². The lowest BCUT2D eigenvalue weighted by Crippen LogP contribution is -2.61. The van der Waals surface area contributed by atoms with Crippen molar-refractivity contribution in [1.29, 1.82) is 0 Å². The predicted octanol–water partition coefficient (Wildman–Crippen LogP) is 2.88. The molecule has 0 saturated heterocycles.